The molecule has 10 heavy (non-hydrogen) atoms. The Morgan fingerprint density at radius 1 is 1.60 bits per heavy atom. The molecule has 0 amide bonds. The molecule has 0 bridgehead atoms. The molecule has 0 radical (unpaired) electrons. The number of primary sulfonamides is 1. The molecule has 0 fully saturated rings. The predicted molar refractivity (Wildman–Crippen MR) is 37.4 cm³/mol. The monoisotopic (exact) mass is 162 g/mol. The highest BCUT2D eigenvalue weighted by Gasteiger charge is 2.22. The molecule has 0 atom stereocenters. The van der Waals surface area contributed by atoms with Crippen molar-refractivity contribution < 1.29 is 8.42 Å². The van der Waals surface area contributed by atoms with Crippen LogP contribution in [0.4, 0.5) is 0 Å². The molecule has 58 valence electrons. The Kier molecular flexibility index (Phi) is 2.41. The summed E-state index contributed by atoms with van der Waals surface area (Å²) in [5.74, 6) is -0.295. The van der Waals surface area contributed by atoms with Gasteiger partial charge in [-0.15, -0.1) is 0 Å². The second-order valence-electron chi connectivity index (χ2n) is 2.80. The summed E-state index contributed by atoms with van der Waals surface area (Å²) in [5.41, 5.74) is -0.881. The molecule has 0 heterocycles. The van der Waals surface area contributed by atoms with E-state index in [0.29, 0.717) is 0 Å². The first-order valence-corrected chi connectivity index (χ1v) is 4.40. The van der Waals surface area contributed by atoms with Crippen molar-refractivity contribution in [1.29, 1.82) is 5.26 Å². The van der Waals surface area contributed by atoms with Crippen LogP contribution in [0.5, 0.6) is 0 Å². The molecule has 0 aromatic carbocycles. The van der Waals surface area contributed by atoms with Crippen LogP contribution in [-0.4, -0.2) is 14.2 Å². The van der Waals surface area contributed by atoms with Gasteiger partial charge in [-0.1, -0.05) is 0 Å². The molecule has 0 aliphatic carbocycles. The third-order valence-electron chi connectivity index (χ3n) is 0.865. The number of hydrogen-bond donors (Lipinski definition) is 1. The molecule has 0 unspecified atom stereocenters. The lowest BCUT2D eigenvalue weighted by Gasteiger charge is -2.11. The van der Waals surface area contributed by atoms with E-state index in [1.165, 1.54) is 13.8 Å². The van der Waals surface area contributed by atoms with Crippen molar-refractivity contribution in [2.75, 3.05) is 5.75 Å². The second kappa shape index (κ2) is 2.56. The van der Waals surface area contributed by atoms with E-state index in [1.54, 1.807) is 0 Å². The first-order chi connectivity index (χ1) is 4.27. The molecule has 0 aromatic heterocycles. The van der Waals surface area contributed by atoms with Crippen molar-refractivity contribution in [3.63, 3.8) is 0 Å². The number of nitrogens with zero attached hydrogens (tertiary/aromatic N) is 1. The Bertz CT molecular complexity index is 247. The normalized spacial score (nSPS) is 12.6. The lowest BCUT2D eigenvalue weighted by atomic mass is 10.00. The molecule has 5 heteroatoms. The fourth-order valence-electron chi connectivity index (χ4n) is 0.535. The van der Waals surface area contributed by atoms with Crippen LogP contribution < -0.4 is 5.14 Å². The Balaban J connectivity index is 4.35. The standard InChI is InChI=1S/C5H10N2O2S/c1-5(2,3-6)4-10(7,8)9/h4H2,1-2H3,(H2,7,8,9). The van der Waals surface area contributed by atoms with Crippen molar-refractivity contribution in [2.24, 2.45) is 10.6 Å². The molecule has 0 saturated heterocycles. The van der Waals surface area contributed by atoms with Crippen LogP contribution in [0.2, 0.25) is 0 Å². The number of nitrogens with two attached hydrogens (primary N) is 1. The average molecular weight is 162 g/mol. The van der Waals surface area contributed by atoms with Gasteiger partial charge in [-0.3, -0.25) is 0 Å². The van der Waals surface area contributed by atoms with Gasteiger partial charge in [0, 0.05) is 0 Å². The third kappa shape index (κ3) is 4.30. The molecule has 0 saturated carbocycles. The van der Waals surface area contributed by atoms with Gasteiger partial charge in [0.2, 0.25) is 10.0 Å². The maximum Gasteiger partial charge on any atom is 0.210 e. The minimum atomic E-state index is -3.52. The molecular formula is C5H10N2O2S. The van der Waals surface area contributed by atoms with E-state index < -0.39 is 15.4 Å². The SMILES string of the molecule is CC(C)(C#N)CS(N)(=O)=O. The average Bonchev–Trinajstić information content (AvgIpc) is 1.60. The number of nitriles is 1. The summed E-state index contributed by atoms with van der Waals surface area (Å²) in [6.45, 7) is 3.05. The highest BCUT2D eigenvalue weighted by molar-refractivity contribution is 7.89. The van der Waals surface area contributed by atoms with Crippen molar-refractivity contribution >= 4 is 10.0 Å². The third-order valence-corrected chi connectivity index (χ3v) is 1.99. The molecule has 0 aliphatic rings. The van der Waals surface area contributed by atoms with E-state index in [9.17, 15) is 8.42 Å². The molecule has 0 spiro atoms. The zero-order valence-corrected chi connectivity index (χ0v) is 6.77. The van der Waals surface area contributed by atoms with Crippen molar-refractivity contribution in [3.05, 3.63) is 0 Å². The van der Waals surface area contributed by atoms with Gasteiger partial charge in [-0.05, 0) is 13.8 Å². The van der Waals surface area contributed by atoms with Crippen LogP contribution in [0.25, 0.3) is 0 Å². The lowest BCUT2D eigenvalue weighted by molar-refractivity contribution is 0.532. The summed E-state index contributed by atoms with van der Waals surface area (Å²) in [5, 5.41) is 13.1. The first-order valence-electron chi connectivity index (χ1n) is 2.68. The fourth-order valence-corrected chi connectivity index (χ4v) is 1.61. The first kappa shape index (κ1) is 9.40. The molecule has 0 aromatic rings. The molecule has 0 aliphatic heterocycles. The Hall–Kier alpha value is -0.600. The topological polar surface area (TPSA) is 83.9 Å². The van der Waals surface area contributed by atoms with Crippen LogP contribution in [0.15, 0.2) is 0 Å². The van der Waals surface area contributed by atoms with E-state index in [4.69, 9.17) is 10.4 Å². The largest absolute Gasteiger partial charge is 0.229 e. The Morgan fingerprint density at radius 2 is 2.00 bits per heavy atom. The number of rotatable bonds is 2. The van der Waals surface area contributed by atoms with E-state index in [0.717, 1.165) is 0 Å². The van der Waals surface area contributed by atoms with E-state index >= 15 is 0 Å². The van der Waals surface area contributed by atoms with Crippen LogP contribution in [-0.2, 0) is 10.0 Å². The van der Waals surface area contributed by atoms with Crippen molar-refractivity contribution in [3.8, 4) is 6.07 Å². The fraction of sp³-hybridized carbons (Fsp3) is 0.800. The maximum atomic E-state index is 10.4. The highest BCUT2D eigenvalue weighted by Crippen LogP contribution is 2.13. The summed E-state index contributed by atoms with van der Waals surface area (Å²) in [6.07, 6.45) is 0. The molecule has 4 nitrogen and oxygen atoms in total. The van der Waals surface area contributed by atoms with Crippen molar-refractivity contribution in [2.45, 2.75) is 13.8 Å². The van der Waals surface area contributed by atoms with Crippen LogP contribution in [0, 0.1) is 16.7 Å². The quantitative estimate of drug-likeness (QED) is 0.611. The van der Waals surface area contributed by atoms with Gasteiger partial charge >= 0.3 is 0 Å². The van der Waals surface area contributed by atoms with Gasteiger partial charge in [0.15, 0.2) is 0 Å². The molecule has 0 rings (SSSR count). The molecular weight excluding hydrogens is 152 g/mol. The van der Waals surface area contributed by atoms with Crippen LogP contribution >= 0.6 is 0 Å². The smallest absolute Gasteiger partial charge is 0.210 e. The summed E-state index contributed by atoms with van der Waals surface area (Å²) < 4.78 is 20.9. The van der Waals surface area contributed by atoms with Gasteiger partial charge in [-0.2, -0.15) is 5.26 Å². The predicted octanol–water partition coefficient (Wildman–Crippen LogP) is -0.175. The summed E-state index contributed by atoms with van der Waals surface area (Å²) in [6, 6.07) is 1.84. The summed E-state index contributed by atoms with van der Waals surface area (Å²) in [7, 11) is -3.52. The molecule has 2 N–H and O–H groups in total. The number of sulfonamides is 1. The summed E-state index contributed by atoms with van der Waals surface area (Å²) >= 11 is 0. The second-order valence-corrected chi connectivity index (χ2v) is 4.42. The van der Waals surface area contributed by atoms with Crippen LogP contribution in [0.1, 0.15) is 13.8 Å². The maximum absolute atomic E-state index is 10.4. The Morgan fingerprint density at radius 3 is 2.10 bits per heavy atom. The van der Waals surface area contributed by atoms with Gasteiger partial charge in [0.05, 0.1) is 17.2 Å². The van der Waals surface area contributed by atoms with Crippen molar-refractivity contribution in [1.82, 2.24) is 0 Å². The van der Waals surface area contributed by atoms with E-state index in [-0.39, 0.29) is 5.75 Å². The minimum absolute atomic E-state index is 0.295. The zero-order valence-electron chi connectivity index (χ0n) is 5.96. The zero-order chi connectivity index (χ0) is 8.41. The highest BCUT2D eigenvalue weighted by atomic mass is 32.2. The minimum Gasteiger partial charge on any atom is -0.229 e. The van der Waals surface area contributed by atoms with E-state index in [1.807, 2.05) is 6.07 Å². The van der Waals surface area contributed by atoms with E-state index in [2.05, 4.69) is 0 Å². The van der Waals surface area contributed by atoms with Gasteiger partial charge < -0.3 is 0 Å². The summed E-state index contributed by atoms with van der Waals surface area (Å²) in [4.78, 5) is 0. The van der Waals surface area contributed by atoms with Gasteiger partial charge in [-0.25, -0.2) is 13.6 Å². The Labute approximate surface area is 60.7 Å². The van der Waals surface area contributed by atoms with Gasteiger partial charge in [0.25, 0.3) is 0 Å². The lowest BCUT2D eigenvalue weighted by Crippen LogP contribution is -2.27. The number of hydrogen-bond acceptors (Lipinski definition) is 3. The van der Waals surface area contributed by atoms with Crippen LogP contribution in [0.3, 0.4) is 0 Å². The van der Waals surface area contributed by atoms with Gasteiger partial charge in [0.1, 0.15) is 0 Å².